The van der Waals surface area contributed by atoms with E-state index in [-0.39, 0.29) is 5.57 Å². The van der Waals surface area contributed by atoms with Crippen LogP contribution in [0.3, 0.4) is 0 Å². The summed E-state index contributed by atoms with van der Waals surface area (Å²) in [5, 5.41) is 12.3. The van der Waals surface area contributed by atoms with Crippen molar-refractivity contribution in [2.45, 2.75) is 0 Å². The van der Waals surface area contributed by atoms with Gasteiger partial charge in [0, 0.05) is 15.7 Å². The van der Waals surface area contributed by atoms with E-state index >= 15 is 0 Å². The predicted octanol–water partition coefficient (Wildman–Crippen LogP) is 4.66. The number of amides is 1. The minimum Gasteiger partial charge on any atom is -0.495 e. The lowest BCUT2D eigenvalue weighted by molar-refractivity contribution is -0.112. The minimum atomic E-state index is -0.503. The second kappa shape index (κ2) is 7.82. The lowest BCUT2D eigenvalue weighted by Crippen LogP contribution is -2.13. The molecule has 0 heterocycles. The van der Waals surface area contributed by atoms with Crippen LogP contribution in [0.15, 0.2) is 52.5 Å². The smallest absolute Gasteiger partial charge is 0.266 e. The highest BCUT2D eigenvalue weighted by atomic mass is 79.9. The number of carbonyl (C=O) groups excluding carboxylic acids is 1. The molecule has 0 unspecified atom stereocenters. The summed E-state index contributed by atoms with van der Waals surface area (Å²) in [6.07, 6.45) is 1.44. The fraction of sp³-hybridized carbons (Fsp3) is 0.0588. The number of nitrogens with zero attached hydrogens (tertiary/aromatic N) is 1. The summed E-state index contributed by atoms with van der Waals surface area (Å²) in [5.41, 5.74) is 1.09. The summed E-state index contributed by atoms with van der Waals surface area (Å²) in [6, 6.07) is 14.2. The van der Waals surface area contributed by atoms with E-state index in [9.17, 15) is 10.1 Å². The molecule has 2 aromatic carbocycles. The van der Waals surface area contributed by atoms with Crippen molar-refractivity contribution in [1.29, 1.82) is 5.26 Å². The van der Waals surface area contributed by atoms with E-state index < -0.39 is 5.91 Å². The van der Waals surface area contributed by atoms with Crippen LogP contribution in [0.4, 0.5) is 5.69 Å². The SMILES string of the molecule is COc1c(Cl)cc(Br)cc1/C=C(\C#N)C(=O)Nc1ccccc1. The van der Waals surface area contributed by atoms with Crippen molar-refractivity contribution in [3.63, 3.8) is 0 Å². The summed E-state index contributed by atoms with van der Waals surface area (Å²) >= 11 is 9.43. The number of hydrogen-bond acceptors (Lipinski definition) is 3. The zero-order valence-corrected chi connectivity index (χ0v) is 14.5. The van der Waals surface area contributed by atoms with Crippen molar-refractivity contribution >= 4 is 45.2 Å². The van der Waals surface area contributed by atoms with Crippen molar-refractivity contribution in [3.05, 3.63) is 63.1 Å². The molecule has 0 spiro atoms. The van der Waals surface area contributed by atoms with Gasteiger partial charge in [0.1, 0.15) is 17.4 Å². The minimum absolute atomic E-state index is 0.0543. The lowest BCUT2D eigenvalue weighted by atomic mass is 10.1. The van der Waals surface area contributed by atoms with E-state index in [1.807, 2.05) is 12.1 Å². The first-order chi connectivity index (χ1) is 11.0. The Balaban J connectivity index is 2.36. The molecule has 23 heavy (non-hydrogen) atoms. The number of nitriles is 1. The van der Waals surface area contributed by atoms with E-state index in [1.165, 1.54) is 13.2 Å². The van der Waals surface area contributed by atoms with Gasteiger partial charge in [-0.05, 0) is 30.3 Å². The number of carbonyl (C=O) groups is 1. The van der Waals surface area contributed by atoms with Gasteiger partial charge in [-0.25, -0.2) is 0 Å². The van der Waals surface area contributed by atoms with Gasteiger partial charge >= 0.3 is 0 Å². The van der Waals surface area contributed by atoms with Crippen molar-refractivity contribution in [3.8, 4) is 11.8 Å². The average molecular weight is 392 g/mol. The molecule has 0 radical (unpaired) electrons. The fourth-order valence-corrected chi connectivity index (χ4v) is 2.84. The third-order valence-corrected chi connectivity index (χ3v) is 3.68. The molecule has 116 valence electrons. The van der Waals surface area contributed by atoms with Crippen LogP contribution in [0.2, 0.25) is 5.02 Å². The molecule has 0 saturated carbocycles. The first-order valence-corrected chi connectivity index (χ1v) is 7.73. The van der Waals surface area contributed by atoms with Crippen LogP contribution in [-0.2, 0) is 4.79 Å². The maximum atomic E-state index is 12.2. The molecule has 2 rings (SSSR count). The van der Waals surface area contributed by atoms with Crippen LogP contribution in [0.1, 0.15) is 5.56 Å². The second-order valence-electron chi connectivity index (χ2n) is 4.50. The topological polar surface area (TPSA) is 62.1 Å². The molecule has 6 heteroatoms. The molecule has 0 atom stereocenters. The molecule has 0 aliphatic carbocycles. The normalized spacial score (nSPS) is 10.8. The average Bonchev–Trinajstić information content (AvgIpc) is 2.53. The van der Waals surface area contributed by atoms with E-state index in [0.717, 1.165) is 4.47 Å². The highest BCUT2D eigenvalue weighted by Crippen LogP contribution is 2.33. The van der Waals surface area contributed by atoms with Crippen molar-refractivity contribution in [1.82, 2.24) is 0 Å². The zero-order valence-electron chi connectivity index (χ0n) is 12.1. The molecule has 0 bridgehead atoms. The van der Waals surface area contributed by atoms with E-state index in [2.05, 4.69) is 21.2 Å². The molecule has 4 nitrogen and oxygen atoms in total. The molecule has 0 aliphatic rings. The Kier molecular flexibility index (Phi) is 5.80. The van der Waals surface area contributed by atoms with Crippen molar-refractivity contribution in [2.75, 3.05) is 12.4 Å². The summed E-state index contributed by atoms with van der Waals surface area (Å²) in [4.78, 5) is 12.2. The van der Waals surface area contributed by atoms with Crippen LogP contribution in [-0.4, -0.2) is 13.0 Å². The largest absolute Gasteiger partial charge is 0.495 e. The number of nitrogens with one attached hydrogen (secondary N) is 1. The highest BCUT2D eigenvalue weighted by Gasteiger charge is 2.13. The number of hydrogen-bond donors (Lipinski definition) is 1. The van der Waals surface area contributed by atoms with Crippen LogP contribution in [0.25, 0.3) is 6.08 Å². The predicted molar refractivity (Wildman–Crippen MR) is 94.4 cm³/mol. The van der Waals surface area contributed by atoms with Crippen molar-refractivity contribution < 1.29 is 9.53 Å². The molecule has 0 aliphatic heterocycles. The monoisotopic (exact) mass is 390 g/mol. The number of benzene rings is 2. The van der Waals surface area contributed by atoms with Crippen LogP contribution >= 0.6 is 27.5 Å². The van der Waals surface area contributed by atoms with Crippen LogP contribution in [0, 0.1) is 11.3 Å². The van der Waals surface area contributed by atoms with E-state index in [0.29, 0.717) is 22.0 Å². The van der Waals surface area contributed by atoms with Crippen molar-refractivity contribution in [2.24, 2.45) is 0 Å². The Hall–Kier alpha value is -2.29. The van der Waals surface area contributed by atoms with Crippen LogP contribution in [0.5, 0.6) is 5.75 Å². The van der Waals surface area contributed by atoms with E-state index in [4.69, 9.17) is 16.3 Å². The Morgan fingerprint density at radius 1 is 1.35 bits per heavy atom. The Morgan fingerprint density at radius 2 is 2.04 bits per heavy atom. The number of anilines is 1. The maximum Gasteiger partial charge on any atom is 0.266 e. The number of methoxy groups -OCH3 is 1. The quantitative estimate of drug-likeness (QED) is 0.609. The number of rotatable bonds is 4. The van der Waals surface area contributed by atoms with Gasteiger partial charge in [0.15, 0.2) is 0 Å². The molecule has 0 fully saturated rings. The molecular weight excluding hydrogens is 380 g/mol. The molecule has 0 aromatic heterocycles. The summed E-state index contributed by atoms with van der Waals surface area (Å²) in [6.45, 7) is 0. The Morgan fingerprint density at radius 3 is 2.65 bits per heavy atom. The Labute approximate surface area is 147 Å². The maximum absolute atomic E-state index is 12.2. The number of halogens is 2. The Bertz CT molecular complexity index is 798. The van der Waals surface area contributed by atoms with Gasteiger partial charge < -0.3 is 10.1 Å². The van der Waals surface area contributed by atoms with Gasteiger partial charge in [-0.1, -0.05) is 45.7 Å². The van der Waals surface area contributed by atoms with Gasteiger partial charge in [-0.15, -0.1) is 0 Å². The summed E-state index contributed by atoms with van der Waals surface area (Å²) < 4.78 is 5.95. The third kappa shape index (κ3) is 4.35. The summed E-state index contributed by atoms with van der Waals surface area (Å²) in [7, 11) is 1.47. The van der Waals surface area contributed by atoms with Gasteiger partial charge in [-0.2, -0.15) is 5.26 Å². The molecular formula is C17H12BrClN2O2. The second-order valence-corrected chi connectivity index (χ2v) is 5.82. The zero-order chi connectivity index (χ0) is 16.8. The number of ether oxygens (including phenoxy) is 1. The number of para-hydroxylation sites is 1. The molecule has 2 aromatic rings. The first-order valence-electron chi connectivity index (χ1n) is 6.56. The fourth-order valence-electron chi connectivity index (χ4n) is 1.93. The summed E-state index contributed by atoms with van der Waals surface area (Å²) in [5.74, 6) is -0.105. The molecule has 1 N–H and O–H groups in total. The van der Waals surface area contributed by atoms with Gasteiger partial charge in [0.05, 0.1) is 12.1 Å². The van der Waals surface area contributed by atoms with Gasteiger partial charge in [0.2, 0.25) is 0 Å². The molecule has 0 saturated heterocycles. The highest BCUT2D eigenvalue weighted by molar-refractivity contribution is 9.10. The standard InChI is InChI=1S/C17H12BrClN2O2/c1-23-16-11(8-13(18)9-15(16)19)7-12(10-20)17(22)21-14-5-3-2-4-6-14/h2-9H,1H3,(H,21,22)/b12-7+. The molecule has 1 amide bonds. The van der Waals surface area contributed by atoms with E-state index in [1.54, 1.807) is 36.4 Å². The van der Waals surface area contributed by atoms with Gasteiger partial charge in [0.25, 0.3) is 5.91 Å². The van der Waals surface area contributed by atoms with Crippen LogP contribution < -0.4 is 10.1 Å². The third-order valence-electron chi connectivity index (χ3n) is 2.94. The lowest BCUT2D eigenvalue weighted by Gasteiger charge is -2.09. The first kappa shape index (κ1) is 17.1. The van der Waals surface area contributed by atoms with Gasteiger partial charge in [-0.3, -0.25) is 4.79 Å².